The lowest BCUT2D eigenvalue weighted by molar-refractivity contribution is -0.139. The van der Waals surface area contributed by atoms with Crippen LogP contribution in [0.1, 0.15) is 30.1 Å². The van der Waals surface area contributed by atoms with Gasteiger partial charge >= 0.3 is 5.97 Å². The Hall–Kier alpha value is -2.91. The normalized spacial score (nSPS) is 12.2. The summed E-state index contributed by atoms with van der Waals surface area (Å²) in [5.74, 6) is -2.61. The molecule has 0 bridgehead atoms. The molecule has 1 amide bonds. The third-order valence-electron chi connectivity index (χ3n) is 4.07. The Labute approximate surface area is 169 Å². The predicted molar refractivity (Wildman–Crippen MR) is 108 cm³/mol. The van der Waals surface area contributed by atoms with E-state index in [4.69, 9.17) is 9.29 Å². The number of carbonyl (C=O) groups is 2. The van der Waals surface area contributed by atoms with E-state index in [1.807, 2.05) is 37.3 Å². The van der Waals surface area contributed by atoms with E-state index in [1.54, 1.807) is 18.2 Å². The van der Waals surface area contributed by atoms with E-state index in [-0.39, 0.29) is 5.56 Å². The summed E-state index contributed by atoms with van der Waals surface area (Å²) in [4.78, 5) is 24.5. The van der Waals surface area contributed by atoms with Crippen molar-refractivity contribution in [1.82, 2.24) is 5.32 Å². The van der Waals surface area contributed by atoms with Crippen LogP contribution in [0, 0.1) is 0 Å². The van der Waals surface area contributed by atoms with E-state index >= 15 is 0 Å². The van der Waals surface area contributed by atoms with Crippen LogP contribution in [-0.4, -0.2) is 48.4 Å². The summed E-state index contributed by atoms with van der Waals surface area (Å²) in [7, 11) is -4.36. The molecule has 2 rings (SSSR count). The van der Waals surface area contributed by atoms with E-state index < -0.39 is 40.2 Å². The van der Waals surface area contributed by atoms with Gasteiger partial charge in [-0.25, -0.2) is 4.79 Å². The molecule has 0 aliphatic carbocycles. The number of benzene rings is 2. The van der Waals surface area contributed by atoms with Gasteiger partial charge in [-0.1, -0.05) is 49.4 Å². The van der Waals surface area contributed by atoms with Crippen molar-refractivity contribution in [3.63, 3.8) is 0 Å². The van der Waals surface area contributed by atoms with Gasteiger partial charge in [0.05, 0.1) is 17.9 Å². The number of aliphatic carboxylic acids is 1. The van der Waals surface area contributed by atoms with Crippen molar-refractivity contribution < 1.29 is 32.4 Å². The summed E-state index contributed by atoms with van der Waals surface area (Å²) in [6, 6.07) is 12.6. The topological polar surface area (TPSA) is 130 Å². The molecule has 0 fully saturated rings. The summed E-state index contributed by atoms with van der Waals surface area (Å²) in [5, 5.41) is 11.7. The summed E-state index contributed by atoms with van der Waals surface area (Å²) >= 11 is 0. The van der Waals surface area contributed by atoms with Crippen molar-refractivity contribution >= 4 is 22.0 Å². The highest BCUT2D eigenvalue weighted by atomic mass is 32.2. The molecular weight excluding hydrogens is 398 g/mol. The molecule has 0 aromatic heterocycles. The van der Waals surface area contributed by atoms with Gasteiger partial charge in [-0.05, 0) is 30.0 Å². The molecular formula is C20H23NO7S. The number of amides is 1. The first-order chi connectivity index (χ1) is 13.7. The van der Waals surface area contributed by atoms with Crippen molar-refractivity contribution in [2.45, 2.75) is 25.8 Å². The second-order valence-corrected chi connectivity index (χ2v) is 7.90. The van der Waals surface area contributed by atoms with Crippen molar-refractivity contribution in [2.75, 3.05) is 12.4 Å². The standard InChI is InChI=1S/C20H23NO7S/c1-2-12-28-17-10-6-9-15(14-7-4-3-5-8-14)18(17)19(22)21-16(20(23)24)11-13-29(25,26)27/h3-10,16H,2,11-13H2,1H3,(H,21,22)(H,23,24)(H,25,26,27)/t16-/m0/s1. The van der Waals surface area contributed by atoms with E-state index in [2.05, 4.69) is 5.32 Å². The second kappa shape index (κ2) is 10.0. The minimum Gasteiger partial charge on any atom is -0.493 e. The summed E-state index contributed by atoms with van der Waals surface area (Å²) in [6.45, 7) is 2.28. The molecule has 3 N–H and O–H groups in total. The molecule has 29 heavy (non-hydrogen) atoms. The zero-order chi connectivity index (χ0) is 21.4. The van der Waals surface area contributed by atoms with Gasteiger partial charge in [-0.3, -0.25) is 9.35 Å². The maximum Gasteiger partial charge on any atom is 0.326 e. The molecule has 0 radical (unpaired) electrons. The maximum absolute atomic E-state index is 13.0. The molecule has 0 aliphatic heterocycles. The van der Waals surface area contributed by atoms with Gasteiger partial charge in [0.1, 0.15) is 11.8 Å². The molecule has 1 atom stereocenters. The van der Waals surface area contributed by atoms with Gasteiger partial charge in [-0.2, -0.15) is 8.42 Å². The highest BCUT2D eigenvalue weighted by molar-refractivity contribution is 7.85. The SMILES string of the molecule is CCCOc1cccc(-c2ccccc2)c1C(=O)N[C@@H](CCS(=O)(=O)O)C(=O)O. The number of carboxylic acids is 1. The minimum atomic E-state index is -4.36. The van der Waals surface area contributed by atoms with E-state index in [0.717, 1.165) is 5.56 Å². The zero-order valence-corrected chi connectivity index (χ0v) is 16.7. The lowest BCUT2D eigenvalue weighted by Gasteiger charge is -2.18. The number of rotatable bonds is 10. The molecule has 0 saturated heterocycles. The quantitative estimate of drug-likeness (QED) is 0.503. The van der Waals surface area contributed by atoms with Crippen LogP contribution >= 0.6 is 0 Å². The average Bonchev–Trinajstić information content (AvgIpc) is 2.68. The molecule has 2 aromatic carbocycles. The van der Waals surface area contributed by atoms with Crippen molar-refractivity contribution in [3.8, 4) is 16.9 Å². The fourth-order valence-corrected chi connectivity index (χ4v) is 3.24. The van der Waals surface area contributed by atoms with Crippen LogP contribution in [0.2, 0.25) is 0 Å². The number of hydrogen-bond acceptors (Lipinski definition) is 5. The van der Waals surface area contributed by atoms with Crippen LogP contribution in [0.15, 0.2) is 48.5 Å². The molecule has 8 nitrogen and oxygen atoms in total. The molecule has 2 aromatic rings. The molecule has 156 valence electrons. The molecule has 0 heterocycles. The Morgan fingerprint density at radius 2 is 1.79 bits per heavy atom. The first kappa shape index (κ1) is 22.4. The van der Waals surface area contributed by atoms with Gasteiger partial charge in [0.2, 0.25) is 0 Å². The van der Waals surface area contributed by atoms with Crippen LogP contribution in [-0.2, 0) is 14.9 Å². The Balaban J connectivity index is 2.41. The van der Waals surface area contributed by atoms with Gasteiger partial charge in [0.15, 0.2) is 0 Å². The van der Waals surface area contributed by atoms with Crippen molar-refractivity contribution in [3.05, 3.63) is 54.1 Å². The first-order valence-electron chi connectivity index (χ1n) is 9.03. The van der Waals surface area contributed by atoms with Gasteiger partial charge in [0, 0.05) is 0 Å². The van der Waals surface area contributed by atoms with Crippen LogP contribution in [0.25, 0.3) is 11.1 Å². The van der Waals surface area contributed by atoms with Crippen LogP contribution in [0.4, 0.5) is 0 Å². The Morgan fingerprint density at radius 1 is 1.10 bits per heavy atom. The summed E-state index contributed by atoms with van der Waals surface area (Å²) < 4.78 is 36.5. The summed E-state index contributed by atoms with van der Waals surface area (Å²) in [6.07, 6.45) is 0.237. The highest BCUT2D eigenvalue weighted by Crippen LogP contribution is 2.31. The van der Waals surface area contributed by atoms with Crippen LogP contribution < -0.4 is 10.1 Å². The third kappa shape index (κ3) is 6.58. The lowest BCUT2D eigenvalue weighted by atomic mass is 9.98. The summed E-state index contributed by atoms with van der Waals surface area (Å²) in [5.41, 5.74) is 1.45. The van der Waals surface area contributed by atoms with E-state index in [9.17, 15) is 23.1 Å². The largest absolute Gasteiger partial charge is 0.493 e. The number of hydrogen-bond donors (Lipinski definition) is 3. The zero-order valence-electron chi connectivity index (χ0n) is 15.9. The maximum atomic E-state index is 13.0. The third-order valence-corrected chi connectivity index (χ3v) is 4.82. The van der Waals surface area contributed by atoms with Crippen LogP contribution in [0.5, 0.6) is 5.75 Å². The molecule has 0 spiro atoms. The monoisotopic (exact) mass is 421 g/mol. The number of carbonyl (C=O) groups excluding carboxylic acids is 1. The van der Waals surface area contributed by atoms with Crippen LogP contribution in [0.3, 0.4) is 0 Å². The fourth-order valence-electron chi connectivity index (χ4n) is 2.71. The first-order valence-corrected chi connectivity index (χ1v) is 10.6. The van der Waals surface area contributed by atoms with Gasteiger partial charge in [0.25, 0.3) is 16.0 Å². The molecule has 9 heteroatoms. The lowest BCUT2D eigenvalue weighted by Crippen LogP contribution is -2.42. The molecule has 0 unspecified atom stereocenters. The van der Waals surface area contributed by atoms with Gasteiger partial charge < -0.3 is 15.2 Å². The fraction of sp³-hybridized carbons (Fsp3) is 0.300. The smallest absolute Gasteiger partial charge is 0.326 e. The Morgan fingerprint density at radius 3 is 2.38 bits per heavy atom. The minimum absolute atomic E-state index is 0.158. The second-order valence-electron chi connectivity index (χ2n) is 6.33. The molecule has 0 aliphatic rings. The number of carboxylic acid groups (broad SMARTS) is 1. The van der Waals surface area contributed by atoms with E-state index in [0.29, 0.717) is 24.3 Å². The van der Waals surface area contributed by atoms with E-state index in [1.165, 1.54) is 0 Å². The predicted octanol–water partition coefficient (Wildman–Crippen LogP) is 2.60. The number of nitrogens with one attached hydrogen (secondary N) is 1. The Kier molecular flexibility index (Phi) is 7.74. The highest BCUT2D eigenvalue weighted by Gasteiger charge is 2.26. The number of ether oxygens (including phenoxy) is 1. The molecule has 0 saturated carbocycles. The van der Waals surface area contributed by atoms with Gasteiger partial charge in [-0.15, -0.1) is 0 Å². The average molecular weight is 421 g/mol. The Bertz CT molecular complexity index is 958. The van der Waals surface area contributed by atoms with Crippen molar-refractivity contribution in [1.29, 1.82) is 0 Å². The van der Waals surface area contributed by atoms with Crippen molar-refractivity contribution in [2.24, 2.45) is 0 Å².